The van der Waals surface area contributed by atoms with Crippen molar-refractivity contribution < 1.29 is 18.7 Å². The van der Waals surface area contributed by atoms with Crippen LogP contribution in [0.1, 0.15) is 28.8 Å². The predicted molar refractivity (Wildman–Crippen MR) is 62.9 cm³/mol. The summed E-state index contributed by atoms with van der Waals surface area (Å²) in [6.45, 7) is 0.674. The molecule has 0 radical (unpaired) electrons. The van der Waals surface area contributed by atoms with Gasteiger partial charge in [-0.2, -0.15) is 8.78 Å². The molecule has 5 heteroatoms. The van der Waals surface area contributed by atoms with Gasteiger partial charge in [0.15, 0.2) is 0 Å². The van der Waals surface area contributed by atoms with Crippen LogP contribution in [0.2, 0.25) is 0 Å². The molecule has 1 fully saturated rings. The molecule has 0 aliphatic carbocycles. The predicted octanol–water partition coefficient (Wildman–Crippen LogP) is 2.57. The molecule has 1 aliphatic heterocycles. The average Bonchev–Trinajstić information content (AvgIpc) is 2.76. The van der Waals surface area contributed by atoms with Crippen molar-refractivity contribution in [3.8, 4) is 0 Å². The Morgan fingerprint density at radius 1 is 1.39 bits per heavy atom. The van der Waals surface area contributed by atoms with E-state index in [9.17, 15) is 13.6 Å². The molecule has 0 aromatic heterocycles. The van der Waals surface area contributed by atoms with Crippen molar-refractivity contribution in [3.63, 3.8) is 0 Å². The number of hydrogen-bond acceptors (Lipinski definition) is 2. The Hall–Kier alpha value is -1.49. The Labute approximate surface area is 104 Å². The van der Waals surface area contributed by atoms with Gasteiger partial charge in [-0.15, -0.1) is 0 Å². The molecule has 1 aromatic carbocycles. The van der Waals surface area contributed by atoms with Crippen molar-refractivity contribution in [1.29, 1.82) is 0 Å². The van der Waals surface area contributed by atoms with Crippen LogP contribution in [0.5, 0.6) is 0 Å². The number of nitrogens with zero attached hydrogens (tertiary/aromatic N) is 1. The van der Waals surface area contributed by atoms with Crippen LogP contribution in [0, 0.1) is 0 Å². The third-order valence-corrected chi connectivity index (χ3v) is 3.46. The van der Waals surface area contributed by atoms with E-state index in [1.807, 2.05) is 0 Å². The molecule has 1 saturated heterocycles. The maximum atomic E-state index is 14.3. The van der Waals surface area contributed by atoms with E-state index in [-0.39, 0.29) is 11.1 Å². The molecule has 1 atom stereocenters. The molecule has 2 rings (SSSR count). The smallest absolute Gasteiger partial charge is 0.335 e. The molecular formula is C13H15F2NO2. The molecule has 0 saturated carbocycles. The van der Waals surface area contributed by atoms with Crippen LogP contribution in [0.3, 0.4) is 0 Å². The van der Waals surface area contributed by atoms with E-state index in [1.165, 1.54) is 24.3 Å². The minimum atomic E-state index is -2.94. The van der Waals surface area contributed by atoms with Crippen molar-refractivity contribution in [3.05, 3.63) is 35.4 Å². The van der Waals surface area contributed by atoms with E-state index in [0.717, 1.165) is 6.42 Å². The van der Waals surface area contributed by atoms with Gasteiger partial charge in [0.05, 0.1) is 11.6 Å². The minimum Gasteiger partial charge on any atom is -0.478 e. The summed E-state index contributed by atoms with van der Waals surface area (Å²) in [4.78, 5) is 12.3. The van der Waals surface area contributed by atoms with Crippen LogP contribution in [-0.4, -0.2) is 35.6 Å². The van der Waals surface area contributed by atoms with Crippen molar-refractivity contribution in [2.45, 2.75) is 24.8 Å². The monoisotopic (exact) mass is 255 g/mol. The van der Waals surface area contributed by atoms with E-state index < -0.39 is 17.9 Å². The van der Waals surface area contributed by atoms with Crippen LogP contribution in [-0.2, 0) is 5.92 Å². The molecule has 0 amide bonds. The number of likely N-dealkylation sites (tertiary alicyclic amines) is 1. The van der Waals surface area contributed by atoms with E-state index in [0.29, 0.717) is 13.0 Å². The zero-order valence-electron chi connectivity index (χ0n) is 10.1. The van der Waals surface area contributed by atoms with E-state index in [4.69, 9.17) is 5.11 Å². The molecule has 0 spiro atoms. The van der Waals surface area contributed by atoms with Crippen LogP contribution in [0.25, 0.3) is 0 Å². The van der Waals surface area contributed by atoms with Gasteiger partial charge < -0.3 is 5.11 Å². The summed E-state index contributed by atoms with van der Waals surface area (Å²) in [6.07, 6.45) is 1.23. The number of aromatic carboxylic acids is 1. The number of hydrogen-bond donors (Lipinski definition) is 1. The fourth-order valence-corrected chi connectivity index (χ4v) is 2.40. The molecule has 1 N–H and O–H groups in total. The maximum Gasteiger partial charge on any atom is 0.335 e. The summed E-state index contributed by atoms with van der Waals surface area (Å²) in [6, 6.07) is 4.06. The van der Waals surface area contributed by atoms with Crippen LogP contribution in [0.15, 0.2) is 24.3 Å². The fourth-order valence-electron chi connectivity index (χ4n) is 2.40. The number of carbonyl (C=O) groups is 1. The van der Waals surface area contributed by atoms with E-state index in [2.05, 4.69) is 0 Å². The zero-order valence-corrected chi connectivity index (χ0v) is 10.1. The number of halogens is 2. The Morgan fingerprint density at radius 3 is 2.44 bits per heavy atom. The van der Waals surface area contributed by atoms with E-state index in [1.54, 1.807) is 11.9 Å². The van der Waals surface area contributed by atoms with Gasteiger partial charge in [-0.1, -0.05) is 12.1 Å². The molecule has 98 valence electrons. The molecule has 1 aliphatic rings. The molecular weight excluding hydrogens is 240 g/mol. The topological polar surface area (TPSA) is 40.5 Å². The first kappa shape index (κ1) is 13.0. The molecule has 3 nitrogen and oxygen atoms in total. The Bertz CT molecular complexity index is 445. The third kappa shape index (κ3) is 2.22. The molecule has 1 unspecified atom stereocenters. The van der Waals surface area contributed by atoms with Crippen LogP contribution >= 0.6 is 0 Å². The average molecular weight is 255 g/mol. The van der Waals surface area contributed by atoms with Gasteiger partial charge in [0.2, 0.25) is 0 Å². The highest BCUT2D eigenvalue weighted by molar-refractivity contribution is 5.87. The van der Waals surface area contributed by atoms with Crippen molar-refractivity contribution in [1.82, 2.24) is 4.90 Å². The quantitative estimate of drug-likeness (QED) is 0.902. The standard InChI is InChI=1S/C13H15F2NO2/c1-16-8-2-3-11(16)13(14,15)10-6-4-9(5-7-10)12(17)18/h4-7,11H,2-3,8H2,1H3,(H,17,18). The zero-order chi connectivity index (χ0) is 13.3. The van der Waals surface area contributed by atoms with Crippen molar-refractivity contribution >= 4 is 5.97 Å². The minimum absolute atomic E-state index is 0.0225. The molecule has 1 heterocycles. The fraction of sp³-hybridized carbons (Fsp3) is 0.462. The normalized spacial score (nSPS) is 21.2. The first-order chi connectivity index (χ1) is 8.43. The number of carboxylic acid groups (broad SMARTS) is 1. The van der Waals surface area contributed by atoms with Gasteiger partial charge in [-0.05, 0) is 38.6 Å². The second-order valence-electron chi connectivity index (χ2n) is 4.64. The second-order valence-corrected chi connectivity index (χ2v) is 4.64. The van der Waals surface area contributed by atoms with Gasteiger partial charge in [0.25, 0.3) is 5.92 Å². The number of carboxylic acids is 1. The Balaban J connectivity index is 2.26. The van der Waals surface area contributed by atoms with Gasteiger partial charge >= 0.3 is 5.97 Å². The SMILES string of the molecule is CN1CCCC1C(F)(F)c1ccc(C(=O)O)cc1. The van der Waals surface area contributed by atoms with Gasteiger partial charge in [-0.3, -0.25) is 4.90 Å². The number of benzene rings is 1. The summed E-state index contributed by atoms with van der Waals surface area (Å²) in [5, 5.41) is 8.74. The number of rotatable bonds is 3. The number of likely N-dealkylation sites (N-methyl/N-ethyl adjacent to an activating group) is 1. The lowest BCUT2D eigenvalue weighted by molar-refractivity contribution is -0.0696. The highest BCUT2D eigenvalue weighted by atomic mass is 19.3. The van der Waals surface area contributed by atoms with Gasteiger partial charge in [0.1, 0.15) is 0 Å². The Kier molecular flexibility index (Phi) is 3.34. The van der Waals surface area contributed by atoms with Gasteiger partial charge in [-0.25, -0.2) is 4.79 Å². The first-order valence-electron chi connectivity index (χ1n) is 5.85. The lowest BCUT2D eigenvalue weighted by Crippen LogP contribution is -2.39. The lowest BCUT2D eigenvalue weighted by atomic mass is 9.98. The highest BCUT2D eigenvalue weighted by Crippen LogP contribution is 2.38. The second kappa shape index (κ2) is 4.65. The Morgan fingerprint density at radius 2 is 2.00 bits per heavy atom. The molecule has 1 aromatic rings. The third-order valence-electron chi connectivity index (χ3n) is 3.46. The first-order valence-corrected chi connectivity index (χ1v) is 5.85. The molecule has 18 heavy (non-hydrogen) atoms. The summed E-state index contributed by atoms with van der Waals surface area (Å²) >= 11 is 0. The van der Waals surface area contributed by atoms with Crippen molar-refractivity contribution in [2.24, 2.45) is 0 Å². The van der Waals surface area contributed by atoms with Crippen LogP contribution in [0.4, 0.5) is 8.78 Å². The largest absolute Gasteiger partial charge is 0.478 e. The summed E-state index contributed by atoms with van der Waals surface area (Å²) < 4.78 is 28.5. The van der Waals surface area contributed by atoms with Crippen molar-refractivity contribution in [2.75, 3.05) is 13.6 Å². The maximum absolute atomic E-state index is 14.3. The molecule has 0 bridgehead atoms. The van der Waals surface area contributed by atoms with Gasteiger partial charge in [0, 0.05) is 5.56 Å². The van der Waals surface area contributed by atoms with Crippen LogP contribution < -0.4 is 0 Å². The summed E-state index contributed by atoms with van der Waals surface area (Å²) in [5.74, 6) is -4.05. The highest BCUT2D eigenvalue weighted by Gasteiger charge is 2.45. The number of alkyl halides is 2. The van der Waals surface area contributed by atoms with E-state index >= 15 is 0 Å². The lowest BCUT2D eigenvalue weighted by Gasteiger charge is -2.29. The summed E-state index contributed by atoms with van der Waals surface area (Å²) in [7, 11) is 1.69. The summed E-state index contributed by atoms with van der Waals surface area (Å²) in [5.41, 5.74) is -0.0967.